The molecule has 0 heterocycles. The highest BCUT2D eigenvalue weighted by atomic mass is 32.3. The molecule has 0 amide bonds. The molecule has 0 aliphatic carbocycles. The molecular weight excluding hydrogens is 468 g/mol. The van der Waals surface area contributed by atoms with Crippen molar-refractivity contribution in [3.8, 4) is 0 Å². The van der Waals surface area contributed by atoms with Gasteiger partial charge in [0.2, 0.25) is 0 Å². The van der Waals surface area contributed by atoms with E-state index in [4.69, 9.17) is 0 Å². The topological polar surface area (TPSA) is 85.3 Å². The third kappa shape index (κ3) is 4.95. The SMILES string of the molecule is O=C[C@H](Cc1ccc2ccccc2c1)CC(S(=O)(=O)c1ccccc1)S(=O)(=O)c1ccccc1. The molecule has 1 atom stereocenters. The number of aldehydes is 1. The molecule has 0 aliphatic heterocycles. The van der Waals surface area contributed by atoms with Crippen LogP contribution in [0.3, 0.4) is 0 Å². The maximum atomic E-state index is 13.5. The Morgan fingerprint density at radius 3 is 1.65 bits per heavy atom. The third-order valence-electron chi connectivity index (χ3n) is 5.84. The van der Waals surface area contributed by atoms with E-state index in [1.165, 1.54) is 24.3 Å². The Bertz CT molecular complexity index is 1430. The number of hydrogen-bond donors (Lipinski definition) is 0. The minimum absolute atomic E-state index is 0.0881. The van der Waals surface area contributed by atoms with E-state index in [0.717, 1.165) is 16.3 Å². The average molecular weight is 493 g/mol. The van der Waals surface area contributed by atoms with E-state index in [-0.39, 0.29) is 22.6 Å². The molecule has 34 heavy (non-hydrogen) atoms. The van der Waals surface area contributed by atoms with Gasteiger partial charge in [0.25, 0.3) is 0 Å². The standard InChI is InChI=1S/C27H24O5S2/c28-20-22(17-21-15-16-23-9-7-8-10-24(23)18-21)19-27(33(29,30)25-11-3-1-4-12-25)34(31,32)26-13-5-2-6-14-26/h1-16,18,20,22,27H,17,19H2/t22-/m1/s1. The van der Waals surface area contributed by atoms with Crippen LogP contribution < -0.4 is 0 Å². The smallest absolute Gasteiger partial charge is 0.195 e. The summed E-state index contributed by atoms with van der Waals surface area (Å²) in [5.74, 6) is -0.803. The number of fused-ring (bicyclic) bond motifs is 1. The predicted octanol–water partition coefficient (Wildman–Crippen LogP) is 4.86. The third-order valence-corrected chi connectivity index (χ3v) is 11.0. The first kappa shape index (κ1) is 23.9. The minimum Gasteiger partial charge on any atom is -0.303 e. The Morgan fingerprint density at radius 1 is 0.618 bits per heavy atom. The van der Waals surface area contributed by atoms with E-state index in [2.05, 4.69) is 0 Å². The van der Waals surface area contributed by atoms with Gasteiger partial charge < -0.3 is 4.79 Å². The summed E-state index contributed by atoms with van der Waals surface area (Å²) in [6, 6.07) is 28.6. The lowest BCUT2D eigenvalue weighted by molar-refractivity contribution is -0.111. The summed E-state index contributed by atoms with van der Waals surface area (Å²) in [7, 11) is -8.57. The van der Waals surface area contributed by atoms with Crippen molar-refractivity contribution in [2.75, 3.05) is 0 Å². The second kappa shape index (κ2) is 9.91. The molecule has 0 fully saturated rings. The number of hydrogen-bond acceptors (Lipinski definition) is 5. The van der Waals surface area contributed by atoms with E-state index in [1.54, 1.807) is 36.4 Å². The second-order valence-corrected chi connectivity index (χ2v) is 12.7. The molecule has 0 N–H and O–H groups in total. The Hall–Kier alpha value is -3.29. The first-order chi connectivity index (χ1) is 16.3. The van der Waals surface area contributed by atoms with Gasteiger partial charge in [-0.3, -0.25) is 0 Å². The first-order valence-electron chi connectivity index (χ1n) is 10.8. The van der Waals surface area contributed by atoms with Gasteiger partial charge in [0.15, 0.2) is 24.3 Å². The van der Waals surface area contributed by atoms with Gasteiger partial charge in [0.05, 0.1) is 9.79 Å². The van der Waals surface area contributed by atoms with Crippen LogP contribution in [0.2, 0.25) is 0 Å². The van der Waals surface area contributed by atoms with Gasteiger partial charge in [-0.1, -0.05) is 78.9 Å². The Morgan fingerprint density at radius 2 is 1.12 bits per heavy atom. The summed E-state index contributed by atoms with van der Waals surface area (Å²) in [5.41, 5.74) is 0.837. The summed E-state index contributed by atoms with van der Waals surface area (Å²) in [5, 5.41) is 2.04. The molecule has 0 saturated heterocycles. The van der Waals surface area contributed by atoms with Crippen LogP contribution in [0.1, 0.15) is 12.0 Å². The van der Waals surface area contributed by atoms with Crippen molar-refractivity contribution < 1.29 is 21.6 Å². The lowest BCUT2D eigenvalue weighted by Gasteiger charge is -2.21. The molecule has 0 unspecified atom stereocenters. The lowest BCUT2D eigenvalue weighted by atomic mass is 9.96. The van der Waals surface area contributed by atoms with Crippen molar-refractivity contribution in [1.29, 1.82) is 0 Å². The first-order valence-corrected chi connectivity index (χ1v) is 13.9. The fourth-order valence-electron chi connectivity index (χ4n) is 4.05. The maximum Gasteiger partial charge on any atom is 0.195 e. The molecule has 0 aromatic heterocycles. The van der Waals surface area contributed by atoms with Gasteiger partial charge in [0.1, 0.15) is 6.29 Å². The fraction of sp³-hybridized carbons (Fsp3) is 0.148. The average Bonchev–Trinajstić information content (AvgIpc) is 2.87. The number of carbonyl (C=O) groups is 1. The van der Waals surface area contributed by atoms with E-state index < -0.39 is 30.2 Å². The molecule has 0 bridgehead atoms. The van der Waals surface area contributed by atoms with E-state index >= 15 is 0 Å². The van der Waals surface area contributed by atoms with Crippen LogP contribution in [0.15, 0.2) is 113 Å². The number of carbonyl (C=O) groups excluding carboxylic acids is 1. The van der Waals surface area contributed by atoms with Crippen LogP contribution in [0, 0.1) is 5.92 Å². The zero-order valence-corrected chi connectivity index (χ0v) is 20.0. The molecule has 0 saturated carbocycles. The molecule has 7 heteroatoms. The zero-order chi connectivity index (χ0) is 24.2. The van der Waals surface area contributed by atoms with E-state index in [9.17, 15) is 21.6 Å². The molecule has 0 radical (unpaired) electrons. The molecule has 174 valence electrons. The second-order valence-electron chi connectivity index (χ2n) is 8.16. The van der Waals surface area contributed by atoms with Crippen LogP contribution in [-0.4, -0.2) is 27.7 Å². The van der Waals surface area contributed by atoms with Gasteiger partial charge in [0, 0.05) is 5.92 Å². The van der Waals surface area contributed by atoms with Gasteiger partial charge >= 0.3 is 0 Å². The van der Waals surface area contributed by atoms with Gasteiger partial charge in [-0.15, -0.1) is 0 Å². The molecule has 4 rings (SSSR count). The lowest BCUT2D eigenvalue weighted by Crippen LogP contribution is -2.33. The van der Waals surface area contributed by atoms with Crippen molar-refractivity contribution in [3.63, 3.8) is 0 Å². The van der Waals surface area contributed by atoms with Crippen LogP contribution in [0.25, 0.3) is 10.8 Å². The largest absolute Gasteiger partial charge is 0.303 e. The van der Waals surface area contributed by atoms with Gasteiger partial charge in [-0.2, -0.15) is 0 Å². The Balaban J connectivity index is 1.72. The molecule has 4 aromatic rings. The molecule has 5 nitrogen and oxygen atoms in total. The number of benzene rings is 4. The predicted molar refractivity (Wildman–Crippen MR) is 133 cm³/mol. The monoisotopic (exact) mass is 492 g/mol. The fourth-order valence-corrected chi connectivity index (χ4v) is 8.73. The molecular formula is C27H24O5S2. The highest BCUT2D eigenvalue weighted by molar-refractivity contribution is 8.09. The summed E-state index contributed by atoms with van der Waals surface area (Å²) in [4.78, 5) is 11.9. The van der Waals surface area contributed by atoms with Crippen LogP contribution in [0.5, 0.6) is 0 Å². The number of sulfone groups is 2. The van der Waals surface area contributed by atoms with Gasteiger partial charge in [-0.05, 0) is 53.4 Å². The van der Waals surface area contributed by atoms with E-state index in [0.29, 0.717) is 6.29 Å². The molecule has 0 aliphatic rings. The van der Waals surface area contributed by atoms with Crippen molar-refractivity contribution in [2.45, 2.75) is 27.2 Å². The normalized spacial score (nSPS) is 13.1. The molecule has 0 spiro atoms. The Kier molecular flexibility index (Phi) is 6.95. The van der Waals surface area contributed by atoms with Crippen molar-refractivity contribution >= 4 is 36.7 Å². The van der Waals surface area contributed by atoms with Crippen LogP contribution in [0.4, 0.5) is 0 Å². The van der Waals surface area contributed by atoms with Crippen LogP contribution in [-0.2, 0) is 30.9 Å². The summed E-state index contributed by atoms with van der Waals surface area (Å²) >= 11 is 0. The molecule has 4 aromatic carbocycles. The summed E-state index contributed by atoms with van der Waals surface area (Å²) < 4.78 is 52.4. The van der Waals surface area contributed by atoms with Gasteiger partial charge in [-0.25, -0.2) is 16.8 Å². The van der Waals surface area contributed by atoms with Crippen LogP contribution >= 0.6 is 0 Å². The summed E-state index contributed by atoms with van der Waals surface area (Å²) in [6.45, 7) is 0. The highest BCUT2D eigenvalue weighted by Crippen LogP contribution is 2.31. The number of rotatable bonds is 9. The van der Waals surface area contributed by atoms with Crippen molar-refractivity contribution in [1.82, 2.24) is 0 Å². The quantitative estimate of drug-likeness (QED) is 0.312. The zero-order valence-electron chi connectivity index (χ0n) is 18.3. The minimum atomic E-state index is -4.29. The summed E-state index contributed by atoms with van der Waals surface area (Å²) in [6.07, 6.45) is 0.549. The van der Waals surface area contributed by atoms with Crippen molar-refractivity contribution in [2.24, 2.45) is 5.92 Å². The van der Waals surface area contributed by atoms with E-state index in [1.807, 2.05) is 42.5 Å². The highest BCUT2D eigenvalue weighted by Gasteiger charge is 2.41. The Labute approximate surface area is 199 Å². The maximum absolute atomic E-state index is 13.5. The van der Waals surface area contributed by atoms with Crippen molar-refractivity contribution in [3.05, 3.63) is 109 Å².